The number of aliphatic hydroxyl groups excluding tert-OH is 1. The molecule has 3 aliphatic heterocycles. The summed E-state index contributed by atoms with van der Waals surface area (Å²) in [5, 5.41) is 12.9. The minimum absolute atomic E-state index is 0.188. The molecule has 106 valence electrons. The molecular weight excluding hydrogens is 262 g/mol. The Hall–Kier alpha value is -1.47. The van der Waals surface area contributed by atoms with E-state index < -0.39 is 30.6 Å². The van der Waals surface area contributed by atoms with Crippen molar-refractivity contribution in [2.24, 2.45) is 5.92 Å². The summed E-state index contributed by atoms with van der Waals surface area (Å²) < 4.78 is 17.1. The van der Waals surface area contributed by atoms with Gasteiger partial charge in [0.2, 0.25) is 5.91 Å². The third-order valence-corrected chi connectivity index (χ3v) is 4.07. The monoisotopic (exact) mass is 277 g/mol. The predicted molar refractivity (Wildman–Crippen MR) is 66.3 cm³/mol. The van der Waals surface area contributed by atoms with Gasteiger partial charge >= 0.3 is 0 Å². The van der Waals surface area contributed by atoms with Crippen LogP contribution in [0, 0.1) is 5.92 Å². The number of nitrogens with one attached hydrogen (secondary N) is 1. The molecule has 0 radical (unpaired) electrons. The standard InChI is InChI=1S/C14H15NO5/c16-10-9-12(17)15-13(9)19-8-6-18-14(20-11(8)10)7-4-2-1-3-5-7/h1-5,8-11,13-14,16H,6H2,(H,15,17)/t8-,9-,10+,11-,13-,14-/m1/s1. The number of hydrogen-bond acceptors (Lipinski definition) is 5. The number of amides is 1. The first-order valence-electron chi connectivity index (χ1n) is 6.70. The molecule has 3 aliphatic rings. The van der Waals surface area contributed by atoms with Crippen LogP contribution < -0.4 is 5.32 Å². The second kappa shape index (κ2) is 4.53. The molecule has 3 heterocycles. The van der Waals surface area contributed by atoms with Crippen molar-refractivity contribution in [3.05, 3.63) is 35.9 Å². The zero-order valence-electron chi connectivity index (χ0n) is 10.6. The average Bonchev–Trinajstić information content (AvgIpc) is 2.47. The van der Waals surface area contributed by atoms with Crippen molar-refractivity contribution < 1.29 is 24.1 Å². The zero-order valence-corrected chi connectivity index (χ0v) is 10.6. The van der Waals surface area contributed by atoms with E-state index >= 15 is 0 Å². The van der Waals surface area contributed by atoms with Gasteiger partial charge in [0.05, 0.1) is 12.7 Å². The van der Waals surface area contributed by atoms with Gasteiger partial charge in [-0.25, -0.2) is 0 Å². The Morgan fingerprint density at radius 1 is 1.20 bits per heavy atom. The Morgan fingerprint density at radius 3 is 2.75 bits per heavy atom. The van der Waals surface area contributed by atoms with E-state index in [1.807, 2.05) is 30.3 Å². The Morgan fingerprint density at radius 2 is 2.00 bits per heavy atom. The van der Waals surface area contributed by atoms with Crippen LogP contribution in [-0.2, 0) is 19.0 Å². The van der Waals surface area contributed by atoms with Crippen LogP contribution in [0.25, 0.3) is 0 Å². The summed E-state index contributed by atoms with van der Waals surface area (Å²) in [6.45, 7) is 0.334. The van der Waals surface area contributed by atoms with Crippen LogP contribution in [0.4, 0.5) is 0 Å². The van der Waals surface area contributed by atoms with Crippen molar-refractivity contribution in [2.45, 2.75) is 30.8 Å². The summed E-state index contributed by atoms with van der Waals surface area (Å²) >= 11 is 0. The van der Waals surface area contributed by atoms with Crippen molar-refractivity contribution in [2.75, 3.05) is 6.61 Å². The molecule has 3 saturated heterocycles. The van der Waals surface area contributed by atoms with E-state index in [-0.39, 0.29) is 12.0 Å². The lowest BCUT2D eigenvalue weighted by molar-refractivity contribution is -0.329. The number of benzene rings is 1. The first-order valence-corrected chi connectivity index (χ1v) is 6.70. The summed E-state index contributed by atoms with van der Waals surface area (Å²) in [5.74, 6) is -0.724. The summed E-state index contributed by atoms with van der Waals surface area (Å²) in [6.07, 6.45) is -2.70. The van der Waals surface area contributed by atoms with Crippen LogP contribution in [-0.4, -0.2) is 42.2 Å². The fourth-order valence-electron chi connectivity index (χ4n) is 2.96. The Balaban J connectivity index is 1.54. The molecule has 0 spiro atoms. The Labute approximate surface area is 115 Å². The molecular formula is C14H15NO5. The molecule has 3 fully saturated rings. The quantitative estimate of drug-likeness (QED) is 0.703. The highest BCUT2D eigenvalue weighted by Crippen LogP contribution is 2.38. The first kappa shape index (κ1) is 12.3. The third-order valence-electron chi connectivity index (χ3n) is 4.07. The van der Waals surface area contributed by atoms with E-state index in [1.165, 1.54) is 0 Å². The van der Waals surface area contributed by atoms with Gasteiger partial charge in [0.25, 0.3) is 0 Å². The summed E-state index contributed by atoms with van der Waals surface area (Å²) in [4.78, 5) is 11.5. The third kappa shape index (κ3) is 1.76. The van der Waals surface area contributed by atoms with Gasteiger partial charge in [-0.05, 0) is 0 Å². The van der Waals surface area contributed by atoms with Crippen LogP contribution in [0.1, 0.15) is 11.9 Å². The second-order valence-electron chi connectivity index (χ2n) is 5.30. The van der Waals surface area contributed by atoms with Crippen molar-refractivity contribution in [1.82, 2.24) is 5.32 Å². The van der Waals surface area contributed by atoms with E-state index in [2.05, 4.69) is 5.32 Å². The van der Waals surface area contributed by atoms with Gasteiger partial charge in [-0.15, -0.1) is 0 Å². The van der Waals surface area contributed by atoms with Crippen molar-refractivity contribution in [3.8, 4) is 0 Å². The molecule has 1 aromatic rings. The highest BCUT2D eigenvalue weighted by Gasteiger charge is 2.57. The van der Waals surface area contributed by atoms with Gasteiger partial charge in [0.15, 0.2) is 6.29 Å². The fourth-order valence-corrected chi connectivity index (χ4v) is 2.96. The molecule has 0 aromatic heterocycles. The van der Waals surface area contributed by atoms with Crippen LogP contribution in [0.3, 0.4) is 0 Å². The van der Waals surface area contributed by atoms with Gasteiger partial charge in [-0.1, -0.05) is 30.3 Å². The van der Waals surface area contributed by atoms with Gasteiger partial charge in [0, 0.05) is 5.56 Å². The largest absolute Gasteiger partial charge is 0.389 e. The summed E-state index contributed by atoms with van der Waals surface area (Å²) in [7, 11) is 0. The van der Waals surface area contributed by atoms with E-state index in [0.29, 0.717) is 6.61 Å². The number of hydrogen-bond donors (Lipinski definition) is 2. The first-order chi connectivity index (χ1) is 9.74. The zero-order chi connectivity index (χ0) is 13.7. The van der Waals surface area contributed by atoms with Crippen molar-refractivity contribution >= 4 is 5.91 Å². The molecule has 6 nitrogen and oxygen atoms in total. The Bertz CT molecular complexity index is 522. The minimum atomic E-state index is -0.859. The van der Waals surface area contributed by atoms with Crippen molar-refractivity contribution in [3.63, 3.8) is 0 Å². The number of β-lactam (4-membered cyclic amide) rings is 1. The summed E-state index contributed by atoms with van der Waals surface area (Å²) in [5.41, 5.74) is 0.887. The van der Waals surface area contributed by atoms with Crippen LogP contribution in [0.2, 0.25) is 0 Å². The predicted octanol–water partition coefficient (Wildman–Crippen LogP) is -0.0676. The maximum absolute atomic E-state index is 11.5. The highest BCUT2D eigenvalue weighted by molar-refractivity contribution is 5.86. The normalized spacial score (nSPS) is 43.0. The van der Waals surface area contributed by atoms with E-state index in [0.717, 1.165) is 5.56 Å². The number of rotatable bonds is 1. The molecule has 0 aliphatic carbocycles. The molecule has 20 heavy (non-hydrogen) atoms. The molecule has 0 saturated carbocycles. The van der Waals surface area contributed by atoms with Crippen LogP contribution >= 0.6 is 0 Å². The van der Waals surface area contributed by atoms with Crippen molar-refractivity contribution in [1.29, 1.82) is 0 Å². The molecule has 6 heteroatoms. The highest BCUT2D eigenvalue weighted by atomic mass is 16.7. The topological polar surface area (TPSA) is 77.0 Å². The molecule has 4 rings (SSSR count). The second-order valence-corrected chi connectivity index (χ2v) is 5.30. The van der Waals surface area contributed by atoms with Gasteiger partial charge in [-0.2, -0.15) is 0 Å². The number of ether oxygens (including phenoxy) is 3. The Kier molecular flexibility index (Phi) is 2.78. The van der Waals surface area contributed by atoms with E-state index in [4.69, 9.17) is 14.2 Å². The minimum Gasteiger partial charge on any atom is -0.389 e. The molecule has 6 atom stereocenters. The lowest BCUT2D eigenvalue weighted by Gasteiger charge is -2.51. The van der Waals surface area contributed by atoms with Crippen LogP contribution in [0.5, 0.6) is 0 Å². The number of fused-ring (bicyclic) bond motifs is 2. The van der Waals surface area contributed by atoms with Gasteiger partial charge < -0.3 is 24.6 Å². The average molecular weight is 277 g/mol. The lowest BCUT2D eigenvalue weighted by atomic mass is 9.84. The van der Waals surface area contributed by atoms with Gasteiger partial charge in [-0.3, -0.25) is 4.79 Å². The van der Waals surface area contributed by atoms with E-state index in [1.54, 1.807) is 0 Å². The molecule has 2 N–H and O–H groups in total. The number of carbonyl (C=O) groups excluding carboxylic acids is 1. The molecule has 0 unspecified atom stereocenters. The SMILES string of the molecule is O=C1N[C@@H]2O[C@@H]3CO[C@@H](c4ccccc4)O[C@H]3[C@@H](O)[C@H]12. The number of carbonyl (C=O) groups is 1. The van der Waals surface area contributed by atoms with Gasteiger partial charge in [0.1, 0.15) is 24.4 Å². The smallest absolute Gasteiger partial charge is 0.232 e. The molecule has 0 bridgehead atoms. The van der Waals surface area contributed by atoms with E-state index in [9.17, 15) is 9.90 Å². The maximum Gasteiger partial charge on any atom is 0.232 e. The summed E-state index contributed by atoms with van der Waals surface area (Å²) in [6, 6.07) is 9.52. The number of aliphatic hydroxyl groups is 1. The fraction of sp³-hybridized carbons (Fsp3) is 0.500. The van der Waals surface area contributed by atoms with Crippen LogP contribution in [0.15, 0.2) is 30.3 Å². The molecule has 1 aromatic carbocycles. The lowest BCUT2D eigenvalue weighted by Crippen LogP contribution is -2.72. The maximum atomic E-state index is 11.5. The molecule has 1 amide bonds.